The number of nitrogens with two attached hydrogens (primary N) is 1. The molecule has 1 amide bonds. The maximum Gasteiger partial charge on any atom is 0.241 e. The lowest BCUT2D eigenvalue weighted by Gasteiger charge is -2.36. The first-order valence-electron chi connectivity index (χ1n) is 7.63. The summed E-state index contributed by atoms with van der Waals surface area (Å²) in [6.45, 7) is 2.56. The van der Waals surface area contributed by atoms with E-state index in [9.17, 15) is 13.2 Å². The molecule has 2 atom stereocenters. The van der Waals surface area contributed by atoms with E-state index in [2.05, 4.69) is 4.72 Å². The normalized spacial score (nSPS) is 20.3. The molecule has 2 unspecified atom stereocenters. The van der Waals surface area contributed by atoms with Gasteiger partial charge in [0.15, 0.2) is 0 Å². The molecule has 128 valence electrons. The molecule has 0 bridgehead atoms. The van der Waals surface area contributed by atoms with Gasteiger partial charge in [-0.3, -0.25) is 4.79 Å². The SMILES string of the molecule is CC(NS(=O)(=O)c1ccc(Cl)cc1)C(=O)N1CCCCC1CN. The first-order chi connectivity index (χ1) is 10.8. The molecule has 1 aromatic carbocycles. The highest BCUT2D eigenvalue weighted by Crippen LogP contribution is 2.18. The molecule has 3 N–H and O–H groups in total. The van der Waals surface area contributed by atoms with Gasteiger partial charge >= 0.3 is 0 Å². The Labute approximate surface area is 142 Å². The fourth-order valence-electron chi connectivity index (χ4n) is 2.75. The molecule has 0 radical (unpaired) electrons. The van der Waals surface area contributed by atoms with E-state index in [-0.39, 0.29) is 16.8 Å². The highest BCUT2D eigenvalue weighted by atomic mass is 35.5. The van der Waals surface area contributed by atoms with Gasteiger partial charge in [-0.05, 0) is 50.5 Å². The number of hydrogen-bond donors (Lipinski definition) is 2. The molecule has 23 heavy (non-hydrogen) atoms. The number of piperidine rings is 1. The molecule has 1 saturated heterocycles. The van der Waals surface area contributed by atoms with Gasteiger partial charge in [0, 0.05) is 24.2 Å². The van der Waals surface area contributed by atoms with Crippen LogP contribution in [0.3, 0.4) is 0 Å². The van der Waals surface area contributed by atoms with Crippen molar-refractivity contribution in [2.75, 3.05) is 13.1 Å². The second-order valence-electron chi connectivity index (χ2n) is 5.71. The number of carbonyl (C=O) groups is 1. The van der Waals surface area contributed by atoms with E-state index < -0.39 is 16.1 Å². The number of carbonyl (C=O) groups excluding carboxylic acids is 1. The molecule has 1 aliphatic rings. The van der Waals surface area contributed by atoms with E-state index in [1.165, 1.54) is 24.3 Å². The van der Waals surface area contributed by atoms with E-state index in [4.69, 9.17) is 17.3 Å². The molecule has 2 rings (SSSR count). The number of nitrogens with one attached hydrogen (secondary N) is 1. The summed E-state index contributed by atoms with van der Waals surface area (Å²) in [5.41, 5.74) is 5.72. The van der Waals surface area contributed by atoms with Crippen molar-refractivity contribution in [1.82, 2.24) is 9.62 Å². The van der Waals surface area contributed by atoms with Crippen molar-refractivity contribution >= 4 is 27.5 Å². The minimum absolute atomic E-state index is 0.0151. The predicted molar refractivity (Wildman–Crippen MR) is 89.6 cm³/mol. The van der Waals surface area contributed by atoms with Crippen LogP contribution < -0.4 is 10.5 Å². The van der Waals surface area contributed by atoms with Gasteiger partial charge in [0.05, 0.1) is 10.9 Å². The van der Waals surface area contributed by atoms with Gasteiger partial charge < -0.3 is 10.6 Å². The van der Waals surface area contributed by atoms with Crippen LogP contribution in [-0.2, 0) is 14.8 Å². The zero-order chi connectivity index (χ0) is 17.0. The smallest absolute Gasteiger partial charge is 0.241 e. The second-order valence-corrected chi connectivity index (χ2v) is 7.86. The average molecular weight is 360 g/mol. The Morgan fingerprint density at radius 2 is 2.04 bits per heavy atom. The third-order valence-electron chi connectivity index (χ3n) is 4.01. The first-order valence-corrected chi connectivity index (χ1v) is 9.49. The Kier molecular flexibility index (Phi) is 6.02. The monoisotopic (exact) mass is 359 g/mol. The van der Waals surface area contributed by atoms with E-state index in [1.807, 2.05) is 0 Å². The summed E-state index contributed by atoms with van der Waals surface area (Å²) in [7, 11) is -3.77. The Balaban J connectivity index is 2.09. The minimum atomic E-state index is -3.77. The van der Waals surface area contributed by atoms with Crippen molar-refractivity contribution in [3.63, 3.8) is 0 Å². The topological polar surface area (TPSA) is 92.5 Å². The molecule has 0 aromatic heterocycles. The van der Waals surface area contributed by atoms with Crippen LogP contribution in [0.1, 0.15) is 26.2 Å². The van der Waals surface area contributed by atoms with Gasteiger partial charge in [0.25, 0.3) is 0 Å². The third-order valence-corrected chi connectivity index (χ3v) is 5.82. The number of hydrogen-bond acceptors (Lipinski definition) is 4. The number of halogens is 1. The summed E-state index contributed by atoms with van der Waals surface area (Å²) >= 11 is 5.76. The van der Waals surface area contributed by atoms with Crippen LogP contribution in [0.2, 0.25) is 5.02 Å². The van der Waals surface area contributed by atoms with Crippen LogP contribution in [0, 0.1) is 0 Å². The van der Waals surface area contributed by atoms with Crippen molar-refractivity contribution in [2.45, 2.75) is 43.2 Å². The molecule has 1 fully saturated rings. The lowest BCUT2D eigenvalue weighted by molar-refractivity contribution is -0.136. The van der Waals surface area contributed by atoms with Gasteiger partial charge in [-0.1, -0.05) is 11.6 Å². The predicted octanol–water partition coefficient (Wildman–Crippen LogP) is 1.35. The van der Waals surface area contributed by atoms with Crippen LogP contribution in [0.4, 0.5) is 0 Å². The van der Waals surface area contributed by atoms with Crippen molar-refractivity contribution in [1.29, 1.82) is 0 Å². The standard InChI is InChI=1S/C15H22ClN3O3S/c1-11(15(20)19-9-3-2-4-13(19)10-17)18-23(21,22)14-7-5-12(16)6-8-14/h5-8,11,13,18H,2-4,9-10,17H2,1H3. The molecule has 6 nitrogen and oxygen atoms in total. The van der Waals surface area contributed by atoms with Crippen LogP contribution in [0.5, 0.6) is 0 Å². The van der Waals surface area contributed by atoms with Gasteiger partial charge in [0.2, 0.25) is 15.9 Å². The largest absolute Gasteiger partial charge is 0.337 e. The number of rotatable bonds is 5. The summed E-state index contributed by atoms with van der Waals surface area (Å²) in [5, 5.41) is 0.451. The van der Waals surface area contributed by atoms with Crippen molar-refractivity contribution < 1.29 is 13.2 Å². The minimum Gasteiger partial charge on any atom is -0.337 e. The van der Waals surface area contributed by atoms with Gasteiger partial charge in [0.1, 0.15) is 0 Å². The van der Waals surface area contributed by atoms with Crippen molar-refractivity contribution in [2.24, 2.45) is 5.73 Å². The maximum atomic E-state index is 12.6. The number of nitrogens with zero attached hydrogens (tertiary/aromatic N) is 1. The van der Waals surface area contributed by atoms with E-state index in [1.54, 1.807) is 11.8 Å². The Bertz CT molecular complexity index is 648. The highest BCUT2D eigenvalue weighted by Gasteiger charge is 2.31. The fourth-order valence-corrected chi connectivity index (χ4v) is 4.07. The molecule has 0 spiro atoms. The third kappa shape index (κ3) is 4.44. The van der Waals surface area contributed by atoms with Crippen LogP contribution in [0.15, 0.2) is 29.2 Å². The molecule has 1 heterocycles. The van der Waals surface area contributed by atoms with Gasteiger partial charge in [-0.25, -0.2) is 8.42 Å². The molecule has 1 aromatic rings. The van der Waals surface area contributed by atoms with E-state index in [0.29, 0.717) is 18.1 Å². The fraction of sp³-hybridized carbons (Fsp3) is 0.533. The van der Waals surface area contributed by atoms with Crippen LogP contribution in [0.25, 0.3) is 0 Å². The summed E-state index contributed by atoms with van der Waals surface area (Å²) in [6, 6.07) is 4.95. The number of benzene rings is 1. The van der Waals surface area contributed by atoms with Crippen molar-refractivity contribution in [3.8, 4) is 0 Å². The van der Waals surface area contributed by atoms with E-state index >= 15 is 0 Å². The molecular formula is C15H22ClN3O3S. The second kappa shape index (κ2) is 7.61. The zero-order valence-corrected chi connectivity index (χ0v) is 14.6. The summed E-state index contributed by atoms with van der Waals surface area (Å²) in [6.07, 6.45) is 2.81. The molecule has 0 aliphatic carbocycles. The van der Waals surface area contributed by atoms with Crippen LogP contribution in [-0.4, -0.2) is 44.4 Å². The number of likely N-dealkylation sites (tertiary alicyclic amines) is 1. The average Bonchev–Trinajstić information content (AvgIpc) is 2.54. The lowest BCUT2D eigenvalue weighted by atomic mass is 10.0. The Morgan fingerprint density at radius 1 is 1.39 bits per heavy atom. The number of amides is 1. The molecule has 1 aliphatic heterocycles. The Morgan fingerprint density at radius 3 is 2.65 bits per heavy atom. The van der Waals surface area contributed by atoms with Gasteiger partial charge in [-0.15, -0.1) is 0 Å². The van der Waals surface area contributed by atoms with Gasteiger partial charge in [-0.2, -0.15) is 4.72 Å². The summed E-state index contributed by atoms with van der Waals surface area (Å²) < 4.78 is 27.1. The first kappa shape index (κ1) is 18.2. The number of sulfonamides is 1. The summed E-state index contributed by atoms with van der Waals surface area (Å²) in [4.78, 5) is 14.3. The lowest BCUT2D eigenvalue weighted by Crippen LogP contribution is -2.54. The highest BCUT2D eigenvalue weighted by molar-refractivity contribution is 7.89. The van der Waals surface area contributed by atoms with Crippen LogP contribution >= 0.6 is 11.6 Å². The van der Waals surface area contributed by atoms with Crippen molar-refractivity contribution in [3.05, 3.63) is 29.3 Å². The molecule has 8 heteroatoms. The summed E-state index contributed by atoms with van der Waals surface area (Å²) in [5.74, 6) is -0.238. The zero-order valence-electron chi connectivity index (χ0n) is 13.0. The molecule has 0 saturated carbocycles. The Hall–Kier alpha value is -1.15. The maximum absolute atomic E-state index is 12.6. The van der Waals surface area contributed by atoms with E-state index in [0.717, 1.165) is 19.3 Å². The molecular weight excluding hydrogens is 338 g/mol. The quantitative estimate of drug-likeness (QED) is 0.829.